The number of aromatic hydroxyl groups is 1. The Hall–Kier alpha value is -2.46. The molecule has 0 atom stereocenters. The van der Waals surface area contributed by atoms with E-state index in [1.165, 1.54) is 16.7 Å². The number of nitrogens with one attached hydrogen (secondary N) is 1. The molecule has 2 N–H and O–H groups in total. The molecule has 0 unspecified atom stereocenters. The molecule has 4 nitrogen and oxygen atoms in total. The maximum atomic E-state index is 10.5. The molecule has 0 fully saturated rings. The molecule has 0 radical (unpaired) electrons. The largest absolute Gasteiger partial charge is 0.508 e. The van der Waals surface area contributed by atoms with Gasteiger partial charge in [0.2, 0.25) is 0 Å². The number of allylic oxidation sites excluding steroid dienone is 1. The Balaban J connectivity index is 1.87. The Bertz CT molecular complexity index is 928. The maximum absolute atomic E-state index is 10.5. The van der Waals surface area contributed by atoms with Gasteiger partial charge in [0.05, 0.1) is 5.54 Å². The number of methoxy groups -OCH3 is 1. The second-order valence-corrected chi connectivity index (χ2v) is 8.01. The van der Waals surface area contributed by atoms with Crippen molar-refractivity contribution in [3.05, 3.63) is 47.0 Å². The summed E-state index contributed by atoms with van der Waals surface area (Å²) in [6.45, 7) is 7.73. The lowest BCUT2D eigenvalue weighted by molar-refractivity contribution is 0.195. The number of hydrogen-bond donors (Lipinski definition) is 2. The molecule has 2 aromatic carbocycles. The van der Waals surface area contributed by atoms with Crippen LogP contribution in [0.1, 0.15) is 43.9 Å². The minimum atomic E-state index is -0.0671. The summed E-state index contributed by atoms with van der Waals surface area (Å²) in [6.07, 6.45) is 3.88. The van der Waals surface area contributed by atoms with Crippen LogP contribution >= 0.6 is 0 Å². The number of hydrogen-bond acceptors (Lipinski definition) is 4. The zero-order valence-electron chi connectivity index (χ0n) is 16.5. The van der Waals surface area contributed by atoms with Crippen molar-refractivity contribution in [2.75, 3.05) is 19.0 Å². The lowest BCUT2D eigenvalue weighted by atomic mass is 9.83. The van der Waals surface area contributed by atoms with Gasteiger partial charge in [-0.3, -0.25) is 0 Å². The van der Waals surface area contributed by atoms with E-state index in [-0.39, 0.29) is 5.54 Å². The summed E-state index contributed by atoms with van der Waals surface area (Å²) in [7, 11) is 1.70. The summed E-state index contributed by atoms with van der Waals surface area (Å²) < 4.78 is 11.3. The van der Waals surface area contributed by atoms with Crippen molar-refractivity contribution in [2.24, 2.45) is 0 Å². The summed E-state index contributed by atoms with van der Waals surface area (Å²) >= 11 is 0. The molecule has 0 saturated carbocycles. The number of fused-ring (bicyclic) bond motifs is 5. The maximum Gasteiger partial charge on any atom is 0.128 e. The first-order valence-corrected chi connectivity index (χ1v) is 9.52. The first-order chi connectivity index (χ1) is 12.9. The molecule has 2 aromatic rings. The van der Waals surface area contributed by atoms with Gasteiger partial charge >= 0.3 is 0 Å². The van der Waals surface area contributed by atoms with E-state index in [2.05, 4.69) is 44.3 Å². The van der Waals surface area contributed by atoms with Gasteiger partial charge in [-0.05, 0) is 62.9 Å². The van der Waals surface area contributed by atoms with Crippen molar-refractivity contribution in [2.45, 2.75) is 45.8 Å². The molecule has 0 spiro atoms. The average Bonchev–Trinajstić information content (AvgIpc) is 2.61. The lowest BCUT2D eigenvalue weighted by Crippen LogP contribution is -2.32. The highest BCUT2D eigenvalue weighted by Gasteiger charge is 2.30. The zero-order chi connectivity index (χ0) is 19.2. The van der Waals surface area contributed by atoms with E-state index < -0.39 is 0 Å². The fourth-order valence-corrected chi connectivity index (χ4v) is 4.41. The summed E-state index contributed by atoms with van der Waals surface area (Å²) in [5, 5.41) is 14.1. The molecule has 27 heavy (non-hydrogen) atoms. The highest BCUT2D eigenvalue weighted by atomic mass is 16.5. The van der Waals surface area contributed by atoms with Crippen molar-refractivity contribution in [1.82, 2.24) is 0 Å². The van der Waals surface area contributed by atoms with Crippen LogP contribution in [0.15, 0.2) is 30.3 Å². The van der Waals surface area contributed by atoms with Gasteiger partial charge in [-0.2, -0.15) is 0 Å². The smallest absolute Gasteiger partial charge is 0.128 e. The Kier molecular flexibility index (Phi) is 4.39. The highest BCUT2D eigenvalue weighted by molar-refractivity contribution is 5.90. The minimum absolute atomic E-state index is 0.0671. The van der Waals surface area contributed by atoms with Crippen molar-refractivity contribution in [1.29, 1.82) is 0 Å². The predicted octanol–water partition coefficient (Wildman–Crippen LogP) is 5.14. The Morgan fingerprint density at radius 2 is 2.00 bits per heavy atom. The SMILES string of the molecule is COCCCc1c(O)ccc2c1-c1ccc3c(c1CO2)C(C)=CC(C)(C)N3. The minimum Gasteiger partial charge on any atom is -0.508 e. The molecule has 0 aromatic heterocycles. The molecule has 0 saturated heterocycles. The van der Waals surface area contributed by atoms with Gasteiger partial charge in [-0.1, -0.05) is 12.1 Å². The van der Waals surface area contributed by atoms with Crippen LogP contribution in [0.4, 0.5) is 5.69 Å². The summed E-state index contributed by atoms with van der Waals surface area (Å²) in [5.74, 6) is 1.17. The first kappa shape index (κ1) is 17.9. The van der Waals surface area contributed by atoms with Gasteiger partial charge in [0.1, 0.15) is 18.1 Å². The van der Waals surface area contributed by atoms with Crippen LogP contribution in [0, 0.1) is 0 Å². The quantitative estimate of drug-likeness (QED) is 0.737. The average molecular weight is 365 g/mol. The van der Waals surface area contributed by atoms with Crippen molar-refractivity contribution >= 4 is 11.3 Å². The third-order valence-electron chi connectivity index (χ3n) is 5.41. The number of ether oxygens (including phenoxy) is 2. The predicted molar refractivity (Wildman–Crippen MR) is 109 cm³/mol. The molecule has 0 amide bonds. The number of benzene rings is 2. The van der Waals surface area contributed by atoms with Crippen molar-refractivity contribution in [3.8, 4) is 22.6 Å². The molecular weight excluding hydrogens is 338 g/mol. The summed E-state index contributed by atoms with van der Waals surface area (Å²) in [5.41, 5.74) is 7.88. The number of phenolic OH excluding ortho intramolecular Hbond substituents is 1. The monoisotopic (exact) mass is 365 g/mol. The van der Waals surface area contributed by atoms with E-state index in [0.29, 0.717) is 19.0 Å². The van der Waals surface area contributed by atoms with E-state index in [1.807, 2.05) is 6.07 Å². The third-order valence-corrected chi connectivity index (χ3v) is 5.41. The number of phenols is 1. The van der Waals surface area contributed by atoms with E-state index in [1.54, 1.807) is 13.2 Å². The van der Waals surface area contributed by atoms with Crippen LogP contribution < -0.4 is 10.1 Å². The molecule has 4 heteroatoms. The molecule has 4 rings (SSSR count). The summed E-state index contributed by atoms with van der Waals surface area (Å²) in [4.78, 5) is 0. The Morgan fingerprint density at radius 1 is 1.19 bits per heavy atom. The lowest BCUT2D eigenvalue weighted by Gasteiger charge is -2.35. The van der Waals surface area contributed by atoms with E-state index in [4.69, 9.17) is 9.47 Å². The first-order valence-electron chi connectivity index (χ1n) is 9.52. The standard InChI is InChI=1S/C23H27NO3/c1-14-12-23(2,3)24-18-8-7-15-17(21(14)18)13-27-20-10-9-19(25)16(22(15)20)6-5-11-26-4/h7-10,12,24-25H,5-6,11,13H2,1-4H3. The fraction of sp³-hybridized carbons (Fsp3) is 0.391. The Labute approximate surface area is 160 Å². The second-order valence-electron chi connectivity index (χ2n) is 8.01. The van der Waals surface area contributed by atoms with Gasteiger partial charge in [0, 0.05) is 41.7 Å². The summed E-state index contributed by atoms with van der Waals surface area (Å²) in [6, 6.07) is 7.93. The van der Waals surface area contributed by atoms with Crippen LogP contribution in [-0.4, -0.2) is 24.4 Å². The van der Waals surface area contributed by atoms with Crippen LogP contribution in [0.25, 0.3) is 16.7 Å². The fourth-order valence-electron chi connectivity index (χ4n) is 4.41. The molecule has 2 aliphatic rings. The van der Waals surface area contributed by atoms with Crippen LogP contribution in [-0.2, 0) is 17.8 Å². The van der Waals surface area contributed by atoms with Crippen LogP contribution in [0.5, 0.6) is 11.5 Å². The van der Waals surface area contributed by atoms with E-state index >= 15 is 0 Å². The molecule has 2 heterocycles. The van der Waals surface area contributed by atoms with Gasteiger partial charge in [0.15, 0.2) is 0 Å². The zero-order valence-corrected chi connectivity index (χ0v) is 16.5. The van der Waals surface area contributed by atoms with Gasteiger partial charge in [-0.25, -0.2) is 0 Å². The van der Waals surface area contributed by atoms with Gasteiger partial charge in [-0.15, -0.1) is 0 Å². The van der Waals surface area contributed by atoms with Gasteiger partial charge in [0.25, 0.3) is 0 Å². The third kappa shape index (κ3) is 3.08. The molecule has 0 aliphatic carbocycles. The van der Waals surface area contributed by atoms with Crippen molar-refractivity contribution in [3.63, 3.8) is 0 Å². The highest BCUT2D eigenvalue weighted by Crippen LogP contribution is 2.48. The molecule has 2 aliphatic heterocycles. The Morgan fingerprint density at radius 3 is 2.78 bits per heavy atom. The second kappa shape index (κ2) is 6.61. The van der Waals surface area contributed by atoms with E-state index in [9.17, 15) is 5.11 Å². The van der Waals surface area contributed by atoms with E-state index in [0.717, 1.165) is 41.0 Å². The van der Waals surface area contributed by atoms with Crippen LogP contribution in [0.3, 0.4) is 0 Å². The van der Waals surface area contributed by atoms with Gasteiger partial charge < -0.3 is 19.9 Å². The van der Waals surface area contributed by atoms with Crippen LogP contribution in [0.2, 0.25) is 0 Å². The number of anilines is 1. The molecule has 0 bridgehead atoms. The molecule has 142 valence electrons. The normalized spacial score (nSPS) is 16.4. The van der Waals surface area contributed by atoms with Crippen molar-refractivity contribution < 1.29 is 14.6 Å². The topological polar surface area (TPSA) is 50.7 Å². The molecular formula is C23H27NO3. The number of rotatable bonds is 4.